The summed E-state index contributed by atoms with van der Waals surface area (Å²) in [6.07, 6.45) is -2.59. The Morgan fingerprint density at radius 3 is 2.58 bits per heavy atom. The third kappa shape index (κ3) is 6.40. The number of hydrogen-bond donors (Lipinski definition) is 3. The van der Waals surface area contributed by atoms with Crippen molar-refractivity contribution in [3.8, 4) is 11.4 Å². The zero-order valence-electron chi connectivity index (χ0n) is 24.4. The number of methoxy groups -OCH3 is 1. The molecule has 1 amide bonds. The smallest absolute Gasteiger partial charge is 0.435 e. The van der Waals surface area contributed by atoms with Gasteiger partial charge in [0.1, 0.15) is 17.3 Å². The Morgan fingerprint density at radius 1 is 1.04 bits per heavy atom. The zero-order valence-corrected chi connectivity index (χ0v) is 24.4. The predicted molar refractivity (Wildman–Crippen MR) is 164 cm³/mol. The molecule has 1 unspecified atom stereocenters. The first-order chi connectivity index (χ1) is 21.7. The van der Waals surface area contributed by atoms with Crippen molar-refractivity contribution in [1.29, 1.82) is 0 Å². The van der Waals surface area contributed by atoms with Crippen molar-refractivity contribution < 1.29 is 27.1 Å². The van der Waals surface area contributed by atoms with Crippen LogP contribution < -0.4 is 21.1 Å². The molecule has 0 radical (unpaired) electrons. The highest BCUT2D eigenvalue weighted by Crippen LogP contribution is 2.39. The van der Waals surface area contributed by atoms with Crippen molar-refractivity contribution >= 4 is 22.4 Å². The molecule has 0 saturated heterocycles. The van der Waals surface area contributed by atoms with Gasteiger partial charge in [0.15, 0.2) is 5.69 Å². The molecule has 1 aliphatic rings. The molecule has 0 bridgehead atoms. The van der Waals surface area contributed by atoms with E-state index in [1.807, 2.05) is 36.4 Å². The lowest BCUT2D eigenvalue weighted by Gasteiger charge is -2.24. The first-order valence-corrected chi connectivity index (χ1v) is 14.5. The summed E-state index contributed by atoms with van der Waals surface area (Å²) in [5.41, 5.74) is 6.19. The molecule has 1 saturated carbocycles. The van der Waals surface area contributed by atoms with Gasteiger partial charge in [-0.2, -0.15) is 18.3 Å². The summed E-state index contributed by atoms with van der Waals surface area (Å²) in [5, 5.41) is 11.7. The molecule has 6 rings (SSSR count). The lowest BCUT2D eigenvalue weighted by molar-refractivity contribution is -0.141. The highest BCUT2D eigenvalue weighted by atomic mass is 19.4. The minimum atomic E-state index is -4.81. The quantitative estimate of drug-likeness (QED) is 0.147. The fourth-order valence-corrected chi connectivity index (χ4v) is 5.44. The predicted octanol–water partition coefficient (Wildman–Crippen LogP) is 6.99. The number of rotatable bonds is 10. The maximum atomic E-state index is 15.3. The van der Waals surface area contributed by atoms with Crippen molar-refractivity contribution in [3.05, 3.63) is 119 Å². The van der Waals surface area contributed by atoms with Crippen molar-refractivity contribution in [2.24, 2.45) is 11.7 Å². The van der Waals surface area contributed by atoms with E-state index in [4.69, 9.17) is 10.5 Å². The summed E-state index contributed by atoms with van der Waals surface area (Å²) in [6, 6.07) is 22.6. The van der Waals surface area contributed by atoms with Gasteiger partial charge in [0.2, 0.25) is 0 Å². The third-order valence-electron chi connectivity index (χ3n) is 7.94. The van der Waals surface area contributed by atoms with Gasteiger partial charge in [-0.1, -0.05) is 48.5 Å². The molecular weight excluding hydrogens is 586 g/mol. The molecule has 0 spiro atoms. The second kappa shape index (κ2) is 12.3. The highest BCUT2D eigenvalue weighted by Gasteiger charge is 2.36. The number of nitrogens with one attached hydrogen (secondary N) is 2. The number of nitrogens with two attached hydrogens (primary N) is 1. The van der Waals surface area contributed by atoms with Gasteiger partial charge in [-0.25, -0.2) is 9.07 Å². The van der Waals surface area contributed by atoms with Crippen molar-refractivity contribution in [2.45, 2.75) is 31.6 Å². The van der Waals surface area contributed by atoms with Crippen molar-refractivity contribution in [3.63, 3.8) is 0 Å². The van der Waals surface area contributed by atoms with E-state index >= 15 is 4.39 Å². The Labute approximate surface area is 257 Å². The van der Waals surface area contributed by atoms with Gasteiger partial charge in [-0.15, -0.1) is 0 Å². The number of carbonyl (C=O) groups excluding carboxylic acids is 1. The summed E-state index contributed by atoms with van der Waals surface area (Å²) >= 11 is 0. The van der Waals surface area contributed by atoms with Crippen LogP contribution >= 0.6 is 0 Å². The molecule has 4 aromatic carbocycles. The number of ether oxygens (including phenoxy) is 1. The van der Waals surface area contributed by atoms with E-state index in [-0.39, 0.29) is 17.9 Å². The number of hydrogen-bond acceptors (Lipinski definition) is 5. The van der Waals surface area contributed by atoms with E-state index in [1.165, 1.54) is 18.2 Å². The van der Waals surface area contributed by atoms with E-state index in [0.717, 1.165) is 40.4 Å². The van der Waals surface area contributed by atoms with Crippen LogP contribution in [0.5, 0.6) is 5.75 Å². The number of benzene rings is 4. The molecule has 232 valence electrons. The Kier molecular flexibility index (Phi) is 8.30. The van der Waals surface area contributed by atoms with Gasteiger partial charge in [-0.05, 0) is 77.5 Å². The van der Waals surface area contributed by atoms with Crippen LogP contribution in [0.3, 0.4) is 0 Å². The maximum absolute atomic E-state index is 15.3. The van der Waals surface area contributed by atoms with E-state index < -0.39 is 35.3 Å². The number of aromatic nitrogens is 2. The zero-order chi connectivity index (χ0) is 31.7. The molecule has 0 aliphatic heterocycles. The second-order valence-corrected chi connectivity index (χ2v) is 11.1. The molecule has 4 N–H and O–H groups in total. The highest BCUT2D eigenvalue weighted by molar-refractivity contribution is 6.03. The molecule has 11 heteroatoms. The topological polar surface area (TPSA) is 94.2 Å². The Balaban J connectivity index is 1.40. The van der Waals surface area contributed by atoms with E-state index in [9.17, 15) is 18.0 Å². The SMILES string of the molecule is COc1ccc2ccccc2c1C(NCC1CC1)c1ccc(F)c(NC(=O)c2cc(C(F)(F)F)nn2-c2cccc(CN)c2)c1. The molecular formula is C34H31F4N5O2. The molecule has 1 aromatic heterocycles. The first kappa shape index (κ1) is 30.3. The standard InChI is InChI=1S/C34H31F4N5O2/c1-45-29-14-12-22-6-2-3-8-25(22)31(29)32(40-19-20-9-10-20)23-11-13-26(35)27(16-23)41-33(44)28-17-30(34(36,37)38)42-43(28)24-7-4-5-21(15-24)18-39/h2-8,11-17,20,32,40H,9-10,18-19,39H2,1H3,(H,41,44). The van der Waals surface area contributed by atoms with E-state index in [2.05, 4.69) is 15.7 Å². The lowest BCUT2D eigenvalue weighted by Crippen LogP contribution is -2.26. The summed E-state index contributed by atoms with van der Waals surface area (Å²) in [5.74, 6) is -0.545. The van der Waals surface area contributed by atoms with Gasteiger partial charge in [0.05, 0.1) is 24.5 Å². The van der Waals surface area contributed by atoms with Gasteiger partial charge in [0, 0.05) is 18.2 Å². The molecule has 7 nitrogen and oxygen atoms in total. The lowest BCUT2D eigenvalue weighted by atomic mass is 9.92. The summed E-state index contributed by atoms with van der Waals surface area (Å²) in [6.45, 7) is 0.857. The van der Waals surface area contributed by atoms with Crippen LogP contribution in [0.4, 0.5) is 23.2 Å². The molecule has 45 heavy (non-hydrogen) atoms. The molecule has 1 aliphatic carbocycles. The Bertz CT molecular complexity index is 1870. The summed E-state index contributed by atoms with van der Waals surface area (Å²) in [7, 11) is 1.59. The number of alkyl halides is 3. The minimum absolute atomic E-state index is 0.137. The maximum Gasteiger partial charge on any atom is 0.435 e. The molecule has 5 aromatic rings. The second-order valence-electron chi connectivity index (χ2n) is 11.1. The molecule has 1 atom stereocenters. The number of nitrogens with zero attached hydrogens (tertiary/aromatic N) is 2. The van der Waals surface area contributed by atoms with Gasteiger partial charge in [-0.3, -0.25) is 4.79 Å². The van der Waals surface area contributed by atoms with Crippen LogP contribution in [0.25, 0.3) is 16.5 Å². The largest absolute Gasteiger partial charge is 0.496 e. The molecule has 1 heterocycles. The van der Waals surface area contributed by atoms with E-state index in [1.54, 1.807) is 31.4 Å². The third-order valence-corrected chi connectivity index (χ3v) is 7.94. The summed E-state index contributed by atoms with van der Waals surface area (Å²) < 4.78 is 63.0. The number of amides is 1. The number of halogens is 4. The Hall–Kier alpha value is -4.74. The number of fused-ring (bicyclic) bond motifs is 1. The fourth-order valence-electron chi connectivity index (χ4n) is 5.44. The minimum Gasteiger partial charge on any atom is -0.496 e. The normalized spacial score (nSPS) is 14.0. The number of anilines is 1. The van der Waals surface area contributed by atoms with Crippen LogP contribution in [0, 0.1) is 11.7 Å². The Morgan fingerprint density at radius 2 is 1.84 bits per heavy atom. The average molecular weight is 618 g/mol. The summed E-state index contributed by atoms with van der Waals surface area (Å²) in [4.78, 5) is 13.5. The van der Waals surface area contributed by atoms with E-state index in [0.29, 0.717) is 28.9 Å². The average Bonchev–Trinajstić information content (AvgIpc) is 3.75. The van der Waals surface area contributed by atoms with Crippen molar-refractivity contribution in [1.82, 2.24) is 15.1 Å². The number of carbonyl (C=O) groups is 1. The van der Waals surface area contributed by atoms with Gasteiger partial charge >= 0.3 is 6.18 Å². The monoisotopic (exact) mass is 617 g/mol. The molecule has 1 fully saturated rings. The van der Waals surface area contributed by atoms with Gasteiger partial charge < -0.3 is 21.1 Å². The van der Waals surface area contributed by atoms with Crippen LogP contribution in [-0.2, 0) is 12.7 Å². The van der Waals surface area contributed by atoms with Crippen LogP contribution in [-0.4, -0.2) is 29.3 Å². The van der Waals surface area contributed by atoms with Crippen LogP contribution in [0.1, 0.15) is 51.8 Å². The van der Waals surface area contributed by atoms with Gasteiger partial charge in [0.25, 0.3) is 5.91 Å². The fraction of sp³-hybridized carbons (Fsp3) is 0.235. The first-order valence-electron chi connectivity index (χ1n) is 14.5. The van der Waals surface area contributed by atoms with Crippen LogP contribution in [0.15, 0.2) is 84.9 Å². The van der Waals surface area contributed by atoms with Crippen LogP contribution in [0.2, 0.25) is 0 Å². The van der Waals surface area contributed by atoms with Crippen molar-refractivity contribution in [2.75, 3.05) is 19.0 Å².